The van der Waals surface area contributed by atoms with Crippen molar-refractivity contribution in [2.45, 2.75) is 25.9 Å². The molecule has 166 valence electrons. The molecule has 0 heterocycles. The molecule has 0 spiro atoms. The minimum atomic E-state index is -0.816. The van der Waals surface area contributed by atoms with E-state index in [2.05, 4.69) is 5.32 Å². The van der Waals surface area contributed by atoms with E-state index in [0.717, 1.165) is 5.56 Å². The van der Waals surface area contributed by atoms with Gasteiger partial charge in [-0.2, -0.15) is 0 Å². The second-order valence-corrected chi connectivity index (χ2v) is 7.31. The SMILES string of the molecule is CCNC(=O)[C@H](Cc1ccccc1)N(Cc1ccccc1F)C(=O)COc1ccccc1. The molecule has 1 atom stereocenters. The summed E-state index contributed by atoms with van der Waals surface area (Å²) in [7, 11) is 0. The second-order valence-electron chi connectivity index (χ2n) is 7.31. The zero-order valence-electron chi connectivity index (χ0n) is 18.0. The van der Waals surface area contributed by atoms with Crippen molar-refractivity contribution in [3.63, 3.8) is 0 Å². The molecule has 0 bridgehead atoms. The summed E-state index contributed by atoms with van der Waals surface area (Å²) in [6.07, 6.45) is 0.304. The maximum atomic E-state index is 14.4. The first-order valence-corrected chi connectivity index (χ1v) is 10.6. The summed E-state index contributed by atoms with van der Waals surface area (Å²) in [6.45, 7) is 1.94. The van der Waals surface area contributed by atoms with Crippen LogP contribution in [0.25, 0.3) is 0 Å². The summed E-state index contributed by atoms with van der Waals surface area (Å²) in [5.74, 6) is -0.571. The zero-order chi connectivity index (χ0) is 22.8. The lowest BCUT2D eigenvalue weighted by molar-refractivity contribution is -0.142. The number of halogens is 1. The van der Waals surface area contributed by atoms with Crippen molar-refractivity contribution in [2.24, 2.45) is 0 Å². The van der Waals surface area contributed by atoms with E-state index >= 15 is 0 Å². The summed E-state index contributed by atoms with van der Waals surface area (Å²) in [4.78, 5) is 27.7. The first-order chi connectivity index (χ1) is 15.6. The van der Waals surface area contributed by atoms with Gasteiger partial charge in [-0.1, -0.05) is 66.7 Å². The van der Waals surface area contributed by atoms with E-state index in [-0.39, 0.29) is 19.1 Å². The van der Waals surface area contributed by atoms with Gasteiger partial charge in [-0.25, -0.2) is 4.39 Å². The highest BCUT2D eigenvalue weighted by atomic mass is 19.1. The van der Waals surface area contributed by atoms with Crippen LogP contribution >= 0.6 is 0 Å². The Morgan fingerprint density at radius 1 is 0.938 bits per heavy atom. The highest BCUT2D eigenvalue weighted by Gasteiger charge is 2.31. The Balaban J connectivity index is 1.89. The van der Waals surface area contributed by atoms with Crippen molar-refractivity contribution in [3.05, 3.63) is 102 Å². The number of rotatable bonds is 10. The molecule has 5 nitrogen and oxygen atoms in total. The summed E-state index contributed by atoms with van der Waals surface area (Å²) in [5.41, 5.74) is 1.24. The molecule has 0 fully saturated rings. The molecule has 0 unspecified atom stereocenters. The number of benzene rings is 3. The van der Waals surface area contributed by atoms with Crippen LogP contribution in [0.1, 0.15) is 18.1 Å². The number of likely N-dealkylation sites (N-methyl/N-ethyl adjacent to an activating group) is 1. The fraction of sp³-hybridized carbons (Fsp3) is 0.231. The molecular formula is C26H27FN2O3. The monoisotopic (exact) mass is 434 g/mol. The number of hydrogen-bond donors (Lipinski definition) is 1. The molecule has 3 rings (SSSR count). The molecule has 0 aliphatic heterocycles. The van der Waals surface area contributed by atoms with Crippen molar-refractivity contribution in [1.82, 2.24) is 10.2 Å². The average Bonchev–Trinajstić information content (AvgIpc) is 2.82. The molecule has 0 saturated heterocycles. The van der Waals surface area contributed by atoms with Gasteiger partial charge >= 0.3 is 0 Å². The number of nitrogens with zero attached hydrogens (tertiary/aromatic N) is 1. The van der Waals surface area contributed by atoms with Crippen molar-refractivity contribution < 1.29 is 18.7 Å². The van der Waals surface area contributed by atoms with E-state index in [1.165, 1.54) is 11.0 Å². The Hall–Kier alpha value is -3.67. The van der Waals surface area contributed by atoms with Crippen molar-refractivity contribution in [1.29, 1.82) is 0 Å². The van der Waals surface area contributed by atoms with Crippen molar-refractivity contribution in [3.8, 4) is 5.75 Å². The van der Waals surface area contributed by atoms with Gasteiger partial charge in [-0.15, -0.1) is 0 Å². The standard InChI is InChI=1S/C26H27FN2O3/c1-2-28-26(31)24(17-20-11-5-3-6-12-20)29(18-21-13-9-10-16-23(21)27)25(30)19-32-22-14-7-4-8-15-22/h3-16,24H,2,17-19H2,1H3,(H,28,31)/t24-/m0/s1. The maximum absolute atomic E-state index is 14.4. The maximum Gasteiger partial charge on any atom is 0.261 e. The Morgan fingerprint density at radius 3 is 2.22 bits per heavy atom. The first kappa shape index (κ1) is 23.0. The molecular weight excluding hydrogens is 407 g/mol. The molecule has 0 saturated carbocycles. The first-order valence-electron chi connectivity index (χ1n) is 10.6. The van der Waals surface area contributed by atoms with Gasteiger partial charge in [-0.3, -0.25) is 9.59 Å². The highest BCUT2D eigenvalue weighted by Crippen LogP contribution is 2.17. The molecule has 32 heavy (non-hydrogen) atoms. The third kappa shape index (κ3) is 6.41. The fourth-order valence-corrected chi connectivity index (χ4v) is 3.40. The van der Waals surface area contributed by atoms with Crippen LogP contribution < -0.4 is 10.1 Å². The minimum absolute atomic E-state index is 0.0434. The summed E-state index contributed by atoms with van der Waals surface area (Å²) >= 11 is 0. The van der Waals surface area contributed by atoms with Gasteiger partial charge in [0.25, 0.3) is 5.91 Å². The number of carbonyl (C=O) groups is 2. The molecule has 1 N–H and O–H groups in total. The number of para-hydroxylation sites is 1. The molecule has 0 aliphatic rings. The lowest BCUT2D eigenvalue weighted by Gasteiger charge is -2.31. The molecule has 0 aromatic heterocycles. The fourth-order valence-electron chi connectivity index (χ4n) is 3.40. The lowest BCUT2D eigenvalue weighted by atomic mass is 10.0. The van der Waals surface area contributed by atoms with Crippen LogP contribution in [-0.4, -0.2) is 35.9 Å². The predicted octanol–water partition coefficient (Wildman–Crippen LogP) is 3.98. The van der Waals surface area contributed by atoms with Crippen LogP contribution in [-0.2, 0) is 22.6 Å². The number of carbonyl (C=O) groups excluding carboxylic acids is 2. The van der Waals surface area contributed by atoms with Crippen LogP contribution in [0.4, 0.5) is 4.39 Å². The molecule has 0 radical (unpaired) electrons. The van der Waals surface area contributed by atoms with Gasteiger partial charge in [0, 0.05) is 25.1 Å². The largest absolute Gasteiger partial charge is 0.484 e. The van der Waals surface area contributed by atoms with Gasteiger partial charge in [0.05, 0.1) is 0 Å². The van der Waals surface area contributed by atoms with Crippen LogP contribution in [0.15, 0.2) is 84.9 Å². The van der Waals surface area contributed by atoms with Crippen molar-refractivity contribution in [2.75, 3.05) is 13.2 Å². The van der Waals surface area contributed by atoms with Crippen LogP contribution in [0.3, 0.4) is 0 Å². The summed E-state index contributed by atoms with van der Waals surface area (Å²) in [6, 6.07) is 23.9. The van der Waals surface area contributed by atoms with Crippen LogP contribution in [0.5, 0.6) is 5.75 Å². The smallest absolute Gasteiger partial charge is 0.261 e. The Kier molecular flexibility index (Phi) is 8.37. The summed E-state index contributed by atoms with van der Waals surface area (Å²) < 4.78 is 20.1. The number of nitrogens with one attached hydrogen (secondary N) is 1. The van der Waals surface area contributed by atoms with Crippen LogP contribution in [0, 0.1) is 5.82 Å². The van der Waals surface area contributed by atoms with Gasteiger partial charge in [0.15, 0.2) is 6.61 Å². The Bertz CT molecular complexity index is 1010. The quantitative estimate of drug-likeness (QED) is 0.525. The van der Waals surface area contributed by atoms with E-state index in [1.807, 2.05) is 55.5 Å². The van der Waals surface area contributed by atoms with Gasteiger partial charge < -0.3 is 15.0 Å². The van der Waals surface area contributed by atoms with E-state index < -0.39 is 17.8 Å². The van der Waals surface area contributed by atoms with E-state index in [0.29, 0.717) is 24.3 Å². The lowest BCUT2D eigenvalue weighted by Crippen LogP contribution is -2.51. The molecule has 3 aromatic rings. The minimum Gasteiger partial charge on any atom is -0.484 e. The third-order valence-electron chi connectivity index (χ3n) is 5.03. The molecule has 2 amide bonds. The van der Waals surface area contributed by atoms with Crippen molar-refractivity contribution >= 4 is 11.8 Å². The van der Waals surface area contributed by atoms with E-state index in [9.17, 15) is 14.0 Å². The van der Waals surface area contributed by atoms with Gasteiger partial charge in [0.2, 0.25) is 5.91 Å². The third-order valence-corrected chi connectivity index (χ3v) is 5.03. The Labute approximate surface area is 187 Å². The number of amides is 2. The average molecular weight is 435 g/mol. The predicted molar refractivity (Wildman–Crippen MR) is 122 cm³/mol. The van der Waals surface area contributed by atoms with Gasteiger partial charge in [0.1, 0.15) is 17.6 Å². The normalized spacial score (nSPS) is 11.4. The van der Waals surface area contributed by atoms with Crippen LogP contribution in [0.2, 0.25) is 0 Å². The van der Waals surface area contributed by atoms with E-state index in [1.54, 1.807) is 30.3 Å². The second kappa shape index (κ2) is 11.6. The number of hydrogen-bond acceptors (Lipinski definition) is 3. The number of ether oxygens (including phenoxy) is 1. The highest BCUT2D eigenvalue weighted by molar-refractivity contribution is 5.88. The molecule has 6 heteroatoms. The summed E-state index contributed by atoms with van der Waals surface area (Å²) in [5, 5.41) is 2.81. The van der Waals surface area contributed by atoms with Gasteiger partial charge in [-0.05, 0) is 30.7 Å². The molecule has 3 aromatic carbocycles. The van der Waals surface area contributed by atoms with E-state index in [4.69, 9.17) is 4.74 Å². The molecule has 0 aliphatic carbocycles. The Morgan fingerprint density at radius 2 is 1.56 bits per heavy atom. The topological polar surface area (TPSA) is 58.6 Å². The zero-order valence-corrected chi connectivity index (χ0v) is 18.0.